The highest BCUT2D eigenvalue weighted by molar-refractivity contribution is 9.10. The van der Waals surface area contributed by atoms with E-state index in [1.54, 1.807) is 54.6 Å². The maximum Gasteiger partial charge on any atom is 0.295 e. The topological polar surface area (TPSA) is 70.8 Å². The Balaban J connectivity index is 1.83. The van der Waals surface area contributed by atoms with Gasteiger partial charge in [-0.05, 0) is 54.1 Å². The predicted octanol–water partition coefficient (Wildman–Crippen LogP) is 5.66. The van der Waals surface area contributed by atoms with Crippen molar-refractivity contribution < 1.29 is 14.3 Å². The van der Waals surface area contributed by atoms with Crippen LogP contribution in [-0.4, -0.2) is 11.0 Å². The molecule has 0 saturated carbocycles. The van der Waals surface area contributed by atoms with Gasteiger partial charge >= 0.3 is 0 Å². The monoisotopic (exact) mass is 481 g/mol. The van der Waals surface area contributed by atoms with Crippen LogP contribution in [0.2, 0.25) is 5.02 Å². The van der Waals surface area contributed by atoms with Crippen molar-refractivity contribution in [2.24, 2.45) is 0 Å². The highest BCUT2D eigenvalue weighted by atomic mass is 79.9. The average molecular weight is 483 g/mol. The van der Waals surface area contributed by atoms with E-state index in [0.29, 0.717) is 27.2 Å². The first-order valence-electron chi connectivity index (χ1n) is 9.08. The molecule has 2 heterocycles. The second kappa shape index (κ2) is 7.00. The summed E-state index contributed by atoms with van der Waals surface area (Å²) in [6.45, 7) is 0. The number of carbonyl (C=O) groups excluding carboxylic acids is 1. The third-order valence-corrected chi connectivity index (χ3v) is 5.86. The molecule has 1 aliphatic heterocycles. The van der Waals surface area contributed by atoms with Crippen molar-refractivity contribution in [2.75, 3.05) is 4.90 Å². The number of aromatic hydroxyl groups is 1. The highest BCUT2D eigenvalue weighted by Gasteiger charge is 2.43. The quantitative estimate of drug-likeness (QED) is 0.400. The number of hydrogen-bond donors (Lipinski definition) is 1. The van der Waals surface area contributed by atoms with Crippen molar-refractivity contribution >= 4 is 50.1 Å². The van der Waals surface area contributed by atoms with Crippen molar-refractivity contribution in [3.8, 4) is 5.75 Å². The number of fused-ring (bicyclic) bond motifs is 2. The SMILES string of the molecule is O=C1c2oc3ccc(Br)cc3c(=O)c2C(c2ccc(O)cc2)N1c1cccc(Cl)c1. The van der Waals surface area contributed by atoms with Crippen molar-refractivity contribution in [1.82, 2.24) is 0 Å². The molecule has 1 atom stereocenters. The number of carbonyl (C=O) groups is 1. The molecule has 0 saturated heterocycles. The molecule has 4 aromatic rings. The second-order valence-electron chi connectivity index (χ2n) is 6.96. The molecule has 0 fully saturated rings. The van der Waals surface area contributed by atoms with Gasteiger partial charge in [0.25, 0.3) is 5.91 Å². The normalized spacial score (nSPS) is 15.6. The molecule has 1 N–H and O–H groups in total. The van der Waals surface area contributed by atoms with Crippen LogP contribution < -0.4 is 10.3 Å². The summed E-state index contributed by atoms with van der Waals surface area (Å²) in [4.78, 5) is 28.4. The largest absolute Gasteiger partial charge is 0.508 e. The summed E-state index contributed by atoms with van der Waals surface area (Å²) in [5, 5.41) is 10.6. The molecule has 0 aliphatic carbocycles. The number of rotatable bonds is 2. The number of halogens is 2. The highest BCUT2D eigenvalue weighted by Crippen LogP contribution is 2.42. The fourth-order valence-electron chi connectivity index (χ4n) is 3.81. The average Bonchev–Trinajstić information content (AvgIpc) is 3.02. The van der Waals surface area contributed by atoms with Crippen molar-refractivity contribution in [3.63, 3.8) is 0 Å². The number of amides is 1. The fraction of sp³-hybridized carbons (Fsp3) is 0.0435. The molecular formula is C23H13BrClNO4. The Morgan fingerprint density at radius 3 is 2.50 bits per heavy atom. The van der Waals surface area contributed by atoms with Crippen LogP contribution in [0, 0.1) is 0 Å². The number of benzene rings is 3. The van der Waals surface area contributed by atoms with E-state index in [-0.39, 0.29) is 22.5 Å². The maximum atomic E-state index is 13.5. The molecule has 7 heteroatoms. The molecule has 0 spiro atoms. The van der Waals surface area contributed by atoms with E-state index in [4.69, 9.17) is 16.0 Å². The van der Waals surface area contributed by atoms with E-state index >= 15 is 0 Å². The Labute approximate surface area is 184 Å². The number of hydrogen-bond acceptors (Lipinski definition) is 4. The van der Waals surface area contributed by atoms with E-state index < -0.39 is 11.9 Å². The van der Waals surface area contributed by atoms with Crippen molar-refractivity contribution in [3.05, 3.63) is 103 Å². The van der Waals surface area contributed by atoms with Crippen LogP contribution in [0.5, 0.6) is 5.75 Å². The van der Waals surface area contributed by atoms with Gasteiger partial charge in [0.15, 0.2) is 5.43 Å². The molecule has 5 nitrogen and oxygen atoms in total. The van der Waals surface area contributed by atoms with Gasteiger partial charge in [0.05, 0.1) is 17.0 Å². The molecule has 0 bridgehead atoms. The standard InChI is InChI=1S/C23H13BrClNO4/c24-13-6-9-18-17(10-13)21(28)19-20(12-4-7-16(27)8-5-12)26(23(29)22(19)30-18)15-3-1-2-14(25)11-15/h1-11,20,27H. The molecule has 1 aromatic heterocycles. The maximum absolute atomic E-state index is 13.5. The zero-order valence-corrected chi connectivity index (χ0v) is 17.6. The van der Waals surface area contributed by atoms with E-state index in [9.17, 15) is 14.7 Å². The van der Waals surface area contributed by atoms with E-state index in [0.717, 1.165) is 4.47 Å². The first-order chi connectivity index (χ1) is 14.4. The van der Waals surface area contributed by atoms with Crippen LogP contribution in [0.25, 0.3) is 11.0 Å². The smallest absolute Gasteiger partial charge is 0.295 e. The van der Waals surface area contributed by atoms with Gasteiger partial charge in [-0.2, -0.15) is 0 Å². The van der Waals surface area contributed by atoms with E-state index in [1.165, 1.54) is 17.0 Å². The zero-order valence-electron chi connectivity index (χ0n) is 15.3. The minimum absolute atomic E-state index is 0.00729. The number of anilines is 1. The van der Waals surface area contributed by atoms with Gasteiger partial charge in [0, 0.05) is 15.2 Å². The zero-order chi connectivity index (χ0) is 21.0. The lowest BCUT2D eigenvalue weighted by molar-refractivity contribution is 0.0971. The summed E-state index contributed by atoms with van der Waals surface area (Å²) in [7, 11) is 0. The van der Waals surface area contributed by atoms with E-state index in [2.05, 4.69) is 15.9 Å². The summed E-state index contributed by atoms with van der Waals surface area (Å²) in [6.07, 6.45) is 0. The molecule has 148 valence electrons. The summed E-state index contributed by atoms with van der Waals surface area (Å²) in [5.41, 5.74) is 1.54. The Morgan fingerprint density at radius 2 is 1.77 bits per heavy atom. The molecule has 1 unspecified atom stereocenters. The second-order valence-corrected chi connectivity index (χ2v) is 8.32. The number of nitrogens with zero attached hydrogens (tertiary/aromatic N) is 1. The molecule has 0 radical (unpaired) electrons. The van der Waals surface area contributed by atoms with Crippen molar-refractivity contribution in [2.45, 2.75) is 6.04 Å². The Morgan fingerprint density at radius 1 is 1.00 bits per heavy atom. The Bertz CT molecular complexity index is 1380. The first-order valence-corrected chi connectivity index (χ1v) is 10.3. The van der Waals surface area contributed by atoms with Crippen LogP contribution in [0.4, 0.5) is 5.69 Å². The number of phenols is 1. The van der Waals surface area contributed by atoms with Gasteiger partial charge < -0.3 is 9.52 Å². The molecular weight excluding hydrogens is 470 g/mol. The molecule has 30 heavy (non-hydrogen) atoms. The van der Waals surface area contributed by atoms with Crippen molar-refractivity contribution in [1.29, 1.82) is 0 Å². The minimum Gasteiger partial charge on any atom is -0.508 e. The van der Waals surface area contributed by atoms with Crippen LogP contribution in [0.1, 0.15) is 27.7 Å². The van der Waals surface area contributed by atoms with Gasteiger partial charge in [-0.3, -0.25) is 14.5 Å². The van der Waals surface area contributed by atoms with Gasteiger partial charge in [-0.25, -0.2) is 0 Å². The van der Waals surface area contributed by atoms with Crippen LogP contribution in [0.15, 0.2) is 80.4 Å². The summed E-state index contributed by atoms with van der Waals surface area (Å²) in [5.74, 6) is -0.327. The molecule has 1 aliphatic rings. The molecule has 1 amide bonds. The number of phenolic OH excluding ortho intramolecular Hbond substituents is 1. The summed E-state index contributed by atoms with van der Waals surface area (Å²) < 4.78 is 6.65. The predicted molar refractivity (Wildman–Crippen MR) is 118 cm³/mol. The van der Waals surface area contributed by atoms with Crippen LogP contribution >= 0.6 is 27.5 Å². The third-order valence-electron chi connectivity index (χ3n) is 5.13. The third kappa shape index (κ3) is 2.91. The first kappa shape index (κ1) is 18.9. The fourth-order valence-corrected chi connectivity index (χ4v) is 4.36. The lowest BCUT2D eigenvalue weighted by Crippen LogP contribution is -2.29. The van der Waals surface area contributed by atoms with Gasteiger partial charge in [0.1, 0.15) is 11.3 Å². The van der Waals surface area contributed by atoms with Gasteiger partial charge in [0.2, 0.25) is 5.76 Å². The molecule has 3 aromatic carbocycles. The molecule has 5 rings (SSSR count). The van der Waals surface area contributed by atoms with Gasteiger partial charge in [-0.1, -0.05) is 45.7 Å². The van der Waals surface area contributed by atoms with Crippen LogP contribution in [0.3, 0.4) is 0 Å². The summed E-state index contributed by atoms with van der Waals surface area (Å²) >= 11 is 9.55. The summed E-state index contributed by atoms with van der Waals surface area (Å²) in [6, 6.07) is 17.7. The van der Waals surface area contributed by atoms with Crippen LogP contribution in [-0.2, 0) is 0 Å². The minimum atomic E-state index is -0.716. The lowest BCUT2D eigenvalue weighted by atomic mass is 9.98. The Kier molecular flexibility index (Phi) is 4.41. The van der Waals surface area contributed by atoms with Gasteiger partial charge in [-0.15, -0.1) is 0 Å². The lowest BCUT2D eigenvalue weighted by Gasteiger charge is -2.25. The Hall–Kier alpha value is -3.09. The van der Waals surface area contributed by atoms with E-state index in [1.807, 2.05) is 0 Å².